The maximum Gasteiger partial charge on any atom is 0.254 e. The summed E-state index contributed by atoms with van der Waals surface area (Å²) in [5, 5.41) is 3.18. The van der Waals surface area contributed by atoms with E-state index < -0.39 is 5.82 Å². The second kappa shape index (κ2) is 8.19. The van der Waals surface area contributed by atoms with Gasteiger partial charge in [-0.15, -0.1) is 0 Å². The molecule has 4 aliphatic rings. The van der Waals surface area contributed by atoms with Crippen molar-refractivity contribution >= 4 is 5.91 Å². The van der Waals surface area contributed by atoms with E-state index in [2.05, 4.69) is 26.1 Å². The summed E-state index contributed by atoms with van der Waals surface area (Å²) in [6, 6.07) is 6.42. The molecule has 9 atom stereocenters. The monoisotopic (exact) mass is 425 g/mol. The van der Waals surface area contributed by atoms with Gasteiger partial charge in [-0.3, -0.25) is 4.79 Å². The first-order chi connectivity index (χ1) is 14.9. The van der Waals surface area contributed by atoms with Crippen molar-refractivity contribution in [3.05, 3.63) is 35.6 Å². The number of benzene rings is 1. The lowest BCUT2D eigenvalue weighted by Crippen LogP contribution is -2.51. The molecular formula is C28H40FNO. The zero-order valence-corrected chi connectivity index (χ0v) is 19.6. The summed E-state index contributed by atoms with van der Waals surface area (Å²) in [5.41, 5.74) is 0.486. The maximum absolute atomic E-state index is 14.1. The molecule has 4 saturated carbocycles. The van der Waals surface area contributed by atoms with Crippen molar-refractivity contribution < 1.29 is 9.18 Å². The number of fused-ring (bicyclic) bond motifs is 5. The average Bonchev–Trinajstić information content (AvgIpc) is 3.11. The van der Waals surface area contributed by atoms with Gasteiger partial charge >= 0.3 is 0 Å². The maximum atomic E-state index is 14.1. The molecule has 3 heteroatoms. The molecule has 0 aliphatic heterocycles. The molecule has 1 N–H and O–H groups in total. The summed E-state index contributed by atoms with van der Waals surface area (Å²) in [6.07, 6.45) is 12.5. The van der Waals surface area contributed by atoms with Gasteiger partial charge in [0.15, 0.2) is 0 Å². The van der Waals surface area contributed by atoms with Gasteiger partial charge in [0.1, 0.15) is 5.82 Å². The van der Waals surface area contributed by atoms with Gasteiger partial charge in [0, 0.05) is 6.04 Å². The van der Waals surface area contributed by atoms with E-state index in [9.17, 15) is 9.18 Å². The highest BCUT2D eigenvalue weighted by atomic mass is 19.1. The minimum absolute atomic E-state index is 0.0884. The molecule has 2 nitrogen and oxygen atoms in total. The summed E-state index contributed by atoms with van der Waals surface area (Å²) in [5.74, 6) is 5.37. The first kappa shape index (κ1) is 21.5. The number of halogens is 1. The third-order valence-corrected chi connectivity index (χ3v) is 10.4. The van der Waals surface area contributed by atoms with Crippen molar-refractivity contribution in [2.45, 2.75) is 84.6 Å². The van der Waals surface area contributed by atoms with Crippen LogP contribution in [0.25, 0.3) is 0 Å². The molecule has 0 radical (unpaired) electrons. The van der Waals surface area contributed by atoms with Crippen LogP contribution in [0.2, 0.25) is 0 Å². The van der Waals surface area contributed by atoms with Crippen molar-refractivity contribution in [1.82, 2.24) is 5.32 Å². The minimum Gasteiger partial charge on any atom is -0.349 e. The van der Waals surface area contributed by atoms with Crippen molar-refractivity contribution in [2.24, 2.45) is 46.8 Å². The molecule has 4 aliphatic carbocycles. The van der Waals surface area contributed by atoms with Crippen LogP contribution < -0.4 is 5.32 Å². The smallest absolute Gasteiger partial charge is 0.254 e. The Morgan fingerprint density at radius 1 is 1.03 bits per heavy atom. The number of rotatable bonds is 3. The summed E-state index contributed by atoms with van der Waals surface area (Å²) < 4.78 is 14.1. The molecule has 0 saturated heterocycles. The molecule has 1 aromatic carbocycles. The van der Waals surface area contributed by atoms with Gasteiger partial charge in [-0.05, 0) is 117 Å². The Bertz CT molecular complexity index is 823. The van der Waals surface area contributed by atoms with E-state index in [-0.39, 0.29) is 17.5 Å². The summed E-state index contributed by atoms with van der Waals surface area (Å²) in [6.45, 7) is 7.13. The minimum atomic E-state index is -0.429. The van der Waals surface area contributed by atoms with Gasteiger partial charge in [-0.1, -0.05) is 32.4 Å². The average molecular weight is 426 g/mol. The molecule has 170 valence electrons. The van der Waals surface area contributed by atoms with E-state index in [1.54, 1.807) is 18.2 Å². The van der Waals surface area contributed by atoms with E-state index >= 15 is 0 Å². The van der Waals surface area contributed by atoms with Crippen LogP contribution in [-0.4, -0.2) is 11.9 Å². The SMILES string of the molecule is C[C@H]1CC[C@@H]2C3CC[C@@]4(C)C(CCC4[C@@H](C)NC(=O)c4ccccc4F)[C@@H]3CC[C@@H]2C1. The lowest BCUT2D eigenvalue weighted by molar-refractivity contribution is -0.0698. The normalized spacial score (nSPS) is 42.8. The molecule has 3 unspecified atom stereocenters. The van der Waals surface area contributed by atoms with E-state index in [1.165, 1.54) is 63.9 Å². The Hall–Kier alpha value is -1.38. The third-order valence-electron chi connectivity index (χ3n) is 10.4. The number of nitrogens with one attached hydrogen (secondary N) is 1. The summed E-state index contributed by atoms with van der Waals surface area (Å²) in [7, 11) is 0. The molecule has 31 heavy (non-hydrogen) atoms. The number of amides is 1. The van der Waals surface area contributed by atoms with E-state index in [1.807, 2.05) is 0 Å². The summed E-state index contributed by atoms with van der Waals surface area (Å²) >= 11 is 0. The highest BCUT2D eigenvalue weighted by Crippen LogP contribution is 2.64. The molecule has 4 fully saturated rings. The van der Waals surface area contributed by atoms with Crippen LogP contribution in [-0.2, 0) is 0 Å². The first-order valence-corrected chi connectivity index (χ1v) is 12.9. The summed E-state index contributed by atoms with van der Waals surface area (Å²) in [4.78, 5) is 12.8. The van der Waals surface area contributed by atoms with Gasteiger partial charge < -0.3 is 5.32 Å². The fourth-order valence-corrected chi connectivity index (χ4v) is 8.98. The predicted molar refractivity (Wildman–Crippen MR) is 123 cm³/mol. The van der Waals surface area contributed by atoms with E-state index in [0.29, 0.717) is 11.3 Å². The lowest BCUT2D eigenvalue weighted by atomic mass is 9.49. The van der Waals surface area contributed by atoms with Crippen LogP contribution in [0.1, 0.15) is 88.9 Å². The van der Waals surface area contributed by atoms with Crippen LogP contribution in [0.15, 0.2) is 24.3 Å². The van der Waals surface area contributed by atoms with Gasteiger partial charge in [0.2, 0.25) is 0 Å². The fourth-order valence-electron chi connectivity index (χ4n) is 8.98. The Balaban J connectivity index is 1.29. The van der Waals surface area contributed by atoms with E-state index in [0.717, 1.165) is 35.5 Å². The highest BCUT2D eigenvalue weighted by Gasteiger charge is 2.57. The van der Waals surface area contributed by atoms with Gasteiger partial charge in [-0.2, -0.15) is 0 Å². The Kier molecular flexibility index (Phi) is 5.67. The van der Waals surface area contributed by atoms with Crippen LogP contribution in [0.5, 0.6) is 0 Å². The van der Waals surface area contributed by atoms with Crippen LogP contribution in [0.4, 0.5) is 4.39 Å². The first-order valence-electron chi connectivity index (χ1n) is 12.9. The number of hydrogen-bond donors (Lipinski definition) is 1. The fraction of sp³-hybridized carbons (Fsp3) is 0.750. The van der Waals surface area contributed by atoms with Gasteiger partial charge in [0.05, 0.1) is 5.56 Å². The zero-order chi connectivity index (χ0) is 21.8. The van der Waals surface area contributed by atoms with Crippen LogP contribution in [0, 0.1) is 52.7 Å². The molecule has 0 spiro atoms. The second-order valence-electron chi connectivity index (χ2n) is 11.8. The molecule has 0 bridgehead atoms. The molecule has 0 heterocycles. The third kappa shape index (κ3) is 3.64. The lowest BCUT2D eigenvalue weighted by Gasteiger charge is -2.56. The molecule has 1 aromatic rings. The predicted octanol–water partition coefficient (Wildman–Crippen LogP) is 6.85. The van der Waals surface area contributed by atoms with Gasteiger partial charge in [-0.25, -0.2) is 4.39 Å². The Labute approximate surface area is 187 Å². The molecule has 1 amide bonds. The standard InChI is InChI=1S/C28H40FNO/c1-17-8-10-20-19(16-17)9-11-22-21(20)14-15-28(3)24(12-13-25(22)28)18(2)30-27(31)23-6-4-5-7-26(23)29/h4-7,17-22,24-25H,8-16H2,1-3H3,(H,30,31)/t17-,18+,19+,20-,21?,22+,24?,25?,28+/m0/s1. The number of carbonyl (C=O) groups excluding carboxylic acids is 1. The second-order valence-corrected chi connectivity index (χ2v) is 11.8. The quantitative estimate of drug-likeness (QED) is 0.564. The van der Waals surface area contributed by atoms with Crippen LogP contribution in [0.3, 0.4) is 0 Å². The van der Waals surface area contributed by atoms with Crippen molar-refractivity contribution in [1.29, 1.82) is 0 Å². The Morgan fingerprint density at radius 2 is 1.81 bits per heavy atom. The number of hydrogen-bond acceptors (Lipinski definition) is 1. The van der Waals surface area contributed by atoms with E-state index in [4.69, 9.17) is 0 Å². The molecular weight excluding hydrogens is 385 g/mol. The zero-order valence-electron chi connectivity index (χ0n) is 19.6. The van der Waals surface area contributed by atoms with Crippen molar-refractivity contribution in [3.63, 3.8) is 0 Å². The molecule has 5 rings (SSSR count). The van der Waals surface area contributed by atoms with Crippen LogP contribution >= 0.6 is 0 Å². The topological polar surface area (TPSA) is 29.1 Å². The Morgan fingerprint density at radius 3 is 2.61 bits per heavy atom. The highest BCUT2D eigenvalue weighted by molar-refractivity contribution is 5.94. The van der Waals surface area contributed by atoms with Crippen molar-refractivity contribution in [2.75, 3.05) is 0 Å². The van der Waals surface area contributed by atoms with Crippen molar-refractivity contribution in [3.8, 4) is 0 Å². The van der Waals surface area contributed by atoms with Gasteiger partial charge in [0.25, 0.3) is 5.91 Å². The largest absolute Gasteiger partial charge is 0.349 e. The molecule has 0 aromatic heterocycles. The number of carbonyl (C=O) groups is 1.